The van der Waals surface area contributed by atoms with E-state index >= 15 is 0 Å². The van der Waals surface area contributed by atoms with Crippen molar-refractivity contribution in [3.8, 4) is 0 Å². The Morgan fingerprint density at radius 3 is 2.04 bits per heavy atom. The number of anilines is 2. The Morgan fingerprint density at radius 2 is 1.39 bits per heavy atom. The van der Waals surface area contributed by atoms with Crippen molar-refractivity contribution in [3.05, 3.63) is 59.3 Å². The summed E-state index contributed by atoms with van der Waals surface area (Å²) in [5.41, 5.74) is 3.37. The van der Waals surface area contributed by atoms with Crippen molar-refractivity contribution < 1.29 is 13.2 Å². The van der Waals surface area contributed by atoms with E-state index in [1.165, 1.54) is 11.1 Å². The molecule has 1 aliphatic rings. The third-order valence-corrected chi connectivity index (χ3v) is 5.32. The molecule has 4 nitrogen and oxygen atoms in total. The molecule has 28 heavy (non-hydrogen) atoms. The quantitative estimate of drug-likeness (QED) is 0.645. The van der Waals surface area contributed by atoms with Crippen molar-refractivity contribution in [3.63, 3.8) is 0 Å². The Hall–Kier alpha value is -2.83. The van der Waals surface area contributed by atoms with Gasteiger partial charge in [-0.2, -0.15) is 13.2 Å². The van der Waals surface area contributed by atoms with Crippen LogP contribution in [0.1, 0.15) is 16.8 Å². The molecule has 0 saturated carbocycles. The molecule has 0 spiro atoms. The maximum Gasteiger partial charge on any atom is 0.437 e. The zero-order valence-corrected chi connectivity index (χ0v) is 15.8. The smallest absolute Gasteiger partial charge is 0.368 e. The predicted molar refractivity (Wildman–Crippen MR) is 105 cm³/mol. The van der Waals surface area contributed by atoms with Crippen LogP contribution in [0.3, 0.4) is 0 Å². The van der Waals surface area contributed by atoms with Gasteiger partial charge in [0.15, 0.2) is 11.5 Å². The minimum atomic E-state index is -4.55. The summed E-state index contributed by atoms with van der Waals surface area (Å²) in [4.78, 5) is 12.1. The van der Waals surface area contributed by atoms with Crippen LogP contribution in [0, 0.1) is 13.8 Å². The third kappa shape index (κ3) is 3.37. The van der Waals surface area contributed by atoms with Crippen LogP contribution in [0.4, 0.5) is 24.7 Å². The maximum absolute atomic E-state index is 13.6. The molecule has 1 fully saturated rings. The number of rotatable bonds is 2. The average molecular weight is 386 g/mol. The number of aryl methyl sites for hydroxylation is 1. The lowest BCUT2D eigenvalue weighted by Gasteiger charge is -2.38. The van der Waals surface area contributed by atoms with Crippen LogP contribution in [0.5, 0.6) is 0 Å². The van der Waals surface area contributed by atoms with Gasteiger partial charge in [0.25, 0.3) is 0 Å². The molecule has 1 aromatic heterocycles. The van der Waals surface area contributed by atoms with Gasteiger partial charge in [-0.05, 0) is 43.2 Å². The summed E-state index contributed by atoms with van der Waals surface area (Å²) >= 11 is 0. The van der Waals surface area contributed by atoms with E-state index in [-0.39, 0.29) is 11.3 Å². The van der Waals surface area contributed by atoms with Crippen molar-refractivity contribution >= 4 is 22.5 Å². The molecule has 0 unspecified atom stereocenters. The van der Waals surface area contributed by atoms with Gasteiger partial charge in [0, 0.05) is 31.9 Å². The van der Waals surface area contributed by atoms with E-state index in [1.807, 2.05) is 6.07 Å². The molecule has 0 bridgehead atoms. The number of halogens is 3. The predicted octanol–water partition coefficient (Wildman–Crippen LogP) is 4.59. The Kier molecular flexibility index (Phi) is 4.61. The van der Waals surface area contributed by atoms with Gasteiger partial charge in [0.2, 0.25) is 0 Å². The molecule has 0 amide bonds. The molecule has 2 aromatic carbocycles. The van der Waals surface area contributed by atoms with Gasteiger partial charge in [-0.15, -0.1) is 0 Å². The average Bonchev–Trinajstić information content (AvgIpc) is 2.68. The van der Waals surface area contributed by atoms with Gasteiger partial charge in [-0.1, -0.05) is 24.3 Å². The van der Waals surface area contributed by atoms with Gasteiger partial charge < -0.3 is 9.80 Å². The lowest BCUT2D eigenvalue weighted by molar-refractivity contribution is -0.140. The van der Waals surface area contributed by atoms with Crippen LogP contribution in [-0.2, 0) is 6.18 Å². The fraction of sp³-hybridized carbons (Fsp3) is 0.333. The molecular formula is C21H21F3N4. The summed E-state index contributed by atoms with van der Waals surface area (Å²) in [6.45, 7) is 6.34. The minimum Gasteiger partial charge on any atom is -0.368 e. The van der Waals surface area contributed by atoms with E-state index in [0.29, 0.717) is 31.7 Å². The first kappa shape index (κ1) is 18.5. The minimum absolute atomic E-state index is 0.0770. The van der Waals surface area contributed by atoms with Gasteiger partial charge in [0.1, 0.15) is 0 Å². The number of hydrogen-bond acceptors (Lipinski definition) is 4. The van der Waals surface area contributed by atoms with Gasteiger partial charge in [-0.3, -0.25) is 0 Å². The summed E-state index contributed by atoms with van der Waals surface area (Å²) in [7, 11) is 0. The van der Waals surface area contributed by atoms with Gasteiger partial charge in [-0.25, -0.2) is 9.97 Å². The zero-order chi connectivity index (χ0) is 19.9. The van der Waals surface area contributed by atoms with Crippen molar-refractivity contribution in [1.82, 2.24) is 9.97 Å². The molecule has 1 saturated heterocycles. The van der Waals surface area contributed by atoms with Crippen LogP contribution in [0.15, 0.2) is 42.5 Å². The first-order valence-electron chi connectivity index (χ1n) is 9.24. The molecule has 0 aliphatic carbocycles. The highest BCUT2D eigenvalue weighted by Gasteiger charge is 2.39. The highest BCUT2D eigenvalue weighted by atomic mass is 19.4. The standard InChI is InChI=1S/C21H21F3N4/c1-14-6-5-9-18(15(14)2)27-10-12-28(13-11-27)20-19(21(22,23)24)25-16-7-3-4-8-17(16)26-20/h3-9H,10-13H2,1-2H3. The topological polar surface area (TPSA) is 32.3 Å². The zero-order valence-electron chi connectivity index (χ0n) is 15.8. The van der Waals surface area contributed by atoms with E-state index in [1.54, 1.807) is 29.2 Å². The number of aromatic nitrogens is 2. The monoisotopic (exact) mass is 386 g/mol. The first-order valence-corrected chi connectivity index (χ1v) is 9.24. The molecule has 0 radical (unpaired) electrons. The summed E-state index contributed by atoms with van der Waals surface area (Å²) in [6.07, 6.45) is -4.55. The molecule has 4 rings (SSSR count). The normalized spacial score (nSPS) is 15.3. The molecule has 146 valence electrons. The lowest BCUT2D eigenvalue weighted by atomic mass is 10.1. The SMILES string of the molecule is Cc1cccc(N2CCN(c3nc4ccccc4nc3C(F)(F)F)CC2)c1C. The molecular weight excluding hydrogens is 365 g/mol. The third-order valence-electron chi connectivity index (χ3n) is 5.32. The highest BCUT2D eigenvalue weighted by molar-refractivity contribution is 5.76. The van der Waals surface area contributed by atoms with Crippen LogP contribution >= 0.6 is 0 Å². The highest BCUT2D eigenvalue weighted by Crippen LogP contribution is 2.36. The van der Waals surface area contributed by atoms with Crippen molar-refractivity contribution in [1.29, 1.82) is 0 Å². The van der Waals surface area contributed by atoms with E-state index in [2.05, 4.69) is 40.8 Å². The maximum atomic E-state index is 13.6. The summed E-state index contributed by atoms with van der Waals surface area (Å²) in [5, 5.41) is 0. The van der Waals surface area contributed by atoms with E-state index in [4.69, 9.17) is 0 Å². The number of benzene rings is 2. The summed E-state index contributed by atoms with van der Waals surface area (Å²) in [6, 6.07) is 12.8. The van der Waals surface area contributed by atoms with Gasteiger partial charge in [0.05, 0.1) is 11.0 Å². The van der Waals surface area contributed by atoms with E-state index in [0.717, 1.165) is 5.69 Å². The van der Waals surface area contributed by atoms with Crippen LogP contribution in [0.2, 0.25) is 0 Å². The Balaban J connectivity index is 1.64. The first-order chi connectivity index (χ1) is 13.3. The molecule has 1 aliphatic heterocycles. The largest absolute Gasteiger partial charge is 0.437 e. The number of nitrogens with zero attached hydrogens (tertiary/aromatic N) is 4. The van der Waals surface area contributed by atoms with Crippen molar-refractivity contribution in [2.24, 2.45) is 0 Å². The number of hydrogen-bond donors (Lipinski definition) is 0. The van der Waals surface area contributed by atoms with Gasteiger partial charge >= 0.3 is 6.18 Å². The van der Waals surface area contributed by atoms with E-state index < -0.39 is 11.9 Å². The molecule has 7 heteroatoms. The lowest BCUT2D eigenvalue weighted by Crippen LogP contribution is -2.47. The number of fused-ring (bicyclic) bond motifs is 1. The molecule has 2 heterocycles. The van der Waals surface area contributed by atoms with Crippen molar-refractivity contribution in [2.45, 2.75) is 20.0 Å². The summed E-state index contributed by atoms with van der Waals surface area (Å²) < 4.78 is 40.9. The van der Waals surface area contributed by atoms with Crippen LogP contribution in [-0.4, -0.2) is 36.1 Å². The number of alkyl halides is 3. The second-order valence-electron chi connectivity index (χ2n) is 7.08. The second-order valence-corrected chi connectivity index (χ2v) is 7.08. The molecule has 3 aromatic rings. The number of para-hydroxylation sites is 2. The van der Waals surface area contributed by atoms with Crippen LogP contribution < -0.4 is 9.80 Å². The Labute approximate surface area is 161 Å². The van der Waals surface area contributed by atoms with Crippen molar-refractivity contribution in [2.75, 3.05) is 36.0 Å². The number of piperazine rings is 1. The van der Waals surface area contributed by atoms with Crippen LogP contribution in [0.25, 0.3) is 11.0 Å². The van der Waals surface area contributed by atoms with E-state index in [9.17, 15) is 13.2 Å². The Bertz CT molecular complexity index is 1010. The fourth-order valence-corrected chi connectivity index (χ4v) is 3.64. The second kappa shape index (κ2) is 6.96. The fourth-order valence-electron chi connectivity index (χ4n) is 3.64. The molecule has 0 N–H and O–H groups in total. The summed E-state index contributed by atoms with van der Waals surface area (Å²) in [5.74, 6) is -0.0770. The Morgan fingerprint density at radius 1 is 0.786 bits per heavy atom. The molecule has 0 atom stereocenters.